The van der Waals surface area contributed by atoms with Crippen LogP contribution in [0.15, 0.2) is 36.5 Å². The van der Waals surface area contributed by atoms with E-state index in [0.717, 1.165) is 0 Å². The van der Waals surface area contributed by atoms with Gasteiger partial charge >= 0.3 is 12.0 Å². The normalized spacial score (nSPS) is 19.8. The molecule has 2 atom stereocenters. The molecule has 0 radical (unpaired) electrons. The van der Waals surface area contributed by atoms with Gasteiger partial charge in [0, 0.05) is 12.2 Å². The van der Waals surface area contributed by atoms with Gasteiger partial charge in [-0.2, -0.15) is 0 Å². The average Bonchev–Trinajstić information content (AvgIpc) is 3.23. The van der Waals surface area contributed by atoms with Crippen molar-refractivity contribution in [1.29, 1.82) is 0 Å². The molecule has 0 saturated carbocycles. The molecule has 1 aliphatic rings. The SMILES string of the molecule is O=C(NCc1cn([C@@H]2CN[C@H](C(=O)O)C2)nn1)Nc1ccccc1. The molecule has 1 saturated heterocycles. The van der Waals surface area contributed by atoms with E-state index >= 15 is 0 Å². The van der Waals surface area contributed by atoms with E-state index in [0.29, 0.717) is 24.3 Å². The Morgan fingerprint density at radius 3 is 2.83 bits per heavy atom. The number of hydrogen-bond acceptors (Lipinski definition) is 5. The third kappa shape index (κ3) is 3.87. The van der Waals surface area contributed by atoms with Crippen LogP contribution in [0.5, 0.6) is 0 Å². The van der Waals surface area contributed by atoms with Crippen molar-refractivity contribution in [2.24, 2.45) is 0 Å². The van der Waals surface area contributed by atoms with Crippen LogP contribution in [0.2, 0.25) is 0 Å². The summed E-state index contributed by atoms with van der Waals surface area (Å²) in [5, 5.41) is 25.3. The molecule has 1 aromatic heterocycles. The second-order valence-electron chi connectivity index (χ2n) is 5.55. The molecule has 0 spiro atoms. The Balaban J connectivity index is 1.49. The molecule has 1 fully saturated rings. The number of carboxylic acid groups (broad SMARTS) is 1. The number of aliphatic carboxylic acids is 1. The number of carboxylic acids is 1. The third-order valence-corrected chi connectivity index (χ3v) is 3.80. The predicted octanol–water partition coefficient (Wildman–Crippen LogP) is 0.587. The van der Waals surface area contributed by atoms with Gasteiger partial charge in [-0.05, 0) is 18.6 Å². The van der Waals surface area contributed by atoms with Gasteiger partial charge in [0.25, 0.3) is 0 Å². The van der Waals surface area contributed by atoms with Gasteiger partial charge in [0.1, 0.15) is 11.7 Å². The van der Waals surface area contributed by atoms with Crippen molar-refractivity contribution in [3.05, 3.63) is 42.2 Å². The van der Waals surface area contributed by atoms with Gasteiger partial charge in [-0.25, -0.2) is 9.48 Å². The van der Waals surface area contributed by atoms with Gasteiger partial charge < -0.3 is 21.1 Å². The van der Waals surface area contributed by atoms with Gasteiger partial charge in [-0.15, -0.1) is 5.10 Å². The first-order valence-corrected chi connectivity index (χ1v) is 7.58. The Bertz CT molecular complexity index is 717. The molecule has 2 amide bonds. The third-order valence-electron chi connectivity index (χ3n) is 3.80. The van der Waals surface area contributed by atoms with Gasteiger partial charge in [-0.3, -0.25) is 4.79 Å². The molecule has 2 aromatic rings. The maximum absolute atomic E-state index is 11.8. The van der Waals surface area contributed by atoms with Crippen LogP contribution < -0.4 is 16.0 Å². The monoisotopic (exact) mass is 330 g/mol. The van der Waals surface area contributed by atoms with Crippen LogP contribution in [-0.2, 0) is 11.3 Å². The molecule has 24 heavy (non-hydrogen) atoms. The van der Waals surface area contributed by atoms with E-state index in [4.69, 9.17) is 5.11 Å². The lowest BCUT2D eigenvalue weighted by molar-refractivity contribution is -0.139. The first kappa shape index (κ1) is 15.9. The van der Waals surface area contributed by atoms with Gasteiger partial charge in [0.15, 0.2) is 0 Å². The van der Waals surface area contributed by atoms with E-state index in [1.165, 1.54) is 0 Å². The molecular weight excluding hydrogens is 312 g/mol. The summed E-state index contributed by atoms with van der Waals surface area (Å²) in [7, 11) is 0. The van der Waals surface area contributed by atoms with Crippen molar-refractivity contribution < 1.29 is 14.7 Å². The van der Waals surface area contributed by atoms with E-state index in [2.05, 4.69) is 26.3 Å². The second-order valence-corrected chi connectivity index (χ2v) is 5.55. The smallest absolute Gasteiger partial charge is 0.320 e. The molecule has 3 rings (SSSR count). The summed E-state index contributed by atoms with van der Waals surface area (Å²) in [6, 6.07) is 8.19. The maximum atomic E-state index is 11.8. The maximum Gasteiger partial charge on any atom is 0.320 e. The molecule has 4 N–H and O–H groups in total. The highest BCUT2D eigenvalue weighted by Gasteiger charge is 2.30. The molecule has 126 valence electrons. The summed E-state index contributed by atoms with van der Waals surface area (Å²) in [6.45, 7) is 0.767. The largest absolute Gasteiger partial charge is 0.480 e. The molecule has 1 aromatic carbocycles. The summed E-state index contributed by atoms with van der Waals surface area (Å²) in [6.07, 6.45) is 2.18. The fraction of sp³-hybridized carbons (Fsp3) is 0.333. The lowest BCUT2D eigenvalue weighted by Gasteiger charge is -2.07. The van der Waals surface area contributed by atoms with Crippen LogP contribution in [0.1, 0.15) is 18.2 Å². The zero-order valence-corrected chi connectivity index (χ0v) is 12.8. The van der Waals surface area contributed by atoms with E-state index < -0.39 is 12.0 Å². The predicted molar refractivity (Wildman–Crippen MR) is 85.4 cm³/mol. The molecule has 0 unspecified atom stereocenters. The standard InChI is InChI=1S/C15H18N6O3/c22-14(23)13-6-12(8-16-13)21-9-11(19-20-21)7-17-15(24)18-10-4-2-1-3-5-10/h1-5,9,12-13,16H,6-8H2,(H,22,23)(H2,17,18,24)/t12-,13-/m0/s1. The number of para-hydroxylation sites is 1. The number of carbonyl (C=O) groups is 2. The van der Waals surface area contributed by atoms with E-state index in [9.17, 15) is 9.59 Å². The van der Waals surface area contributed by atoms with E-state index in [1.54, 1.807) is 23.0 Å². The average molecular weight is 330 g/mol. The second kappa shape index (κ2) is 7.09. The van der Waals surface area contributed by atoms with Crippen molar-refractivity contribution in [2.45, 2.75) is 25.0 Å². The molecule has 0 aliphatic carbocycles. The fourth-order valence-electron chi connectivity index (χ4n) is 2.55. The summed E-state index contributed by atoms with van der Waals surface area (Å²) in [5.74, 6) is -0.864. The minimum atomic E-state index is -0.864. The molecule has 0 bridgehead atoms. The number of urea groups is 1. The summed E-state index contributed by atoms with van der Waals surface area (Å²) >= 11 is 0. The molecule has 1 aliphatic heterocycles. The quantitative estimate of drug-likeness (QED) is 0.636. The number of nitrogens with zero attached hydrogens (tertiary/aromatic N) is 3. The number of amides is 2. The summed E-state index contributed by atoms with van der Waals surface area (Å²) in [5.41, 5.74) is 1.31. The first-order chi connectivity index (χ1) is 11.6. The molecule has 2 heterocycles. The molecule has 9 heteroatoms. The Morgan fingerprint density at radius 1 is 1.33 bits per heavy atom. The molecular formula is C15H18N6O3. The fourth-order valence-corrected chi connectivity index (χ4v) is 2.55. The van der Waals surface area contributed by atoms with Crippen molar-refractivity contribution in [3.63, 3.8) is 0 Å². The van der Waals surface area contributed by atoms with Crippen molar-refractivity contribution >= 4 is 17.7 Å². The Morgan fingerprint density at radius 2 is 2.12 bits per heavy atom. The minimum Gasteiger partial charge on any atom is -0.480 e. The minimum absolute atomic E-state index is 0.0505. The van der Waals surface area contributed by atoms with Gasteiger partial charge in [0.05, 0.1) is 18.8 Å². The van der Waals surface area contributed by atoms with Crippen LogP contribution in [0, 0.1) is 0 Å². The van der Waals surface area contributed by atoms with Crippen molar-refractivity contribution in [3.8, 4) is 0 Å². The zero-order valence-electron chi connectivity index (χ0n) is 12.8. The van der Waals surface area contributed by atoms with E-state index in [1.807, 2.05) is 18.2 Å². The van der Waals surface area contributed by atoms with E-state index in [-0.39, 0.29) is 18.6 Å². The van der Waals surface area contributed by atoms with Crippen LogP contribution in [0.4, 0.5) is 10.5 Å². The topological polar surface area (TPSA) is 121 Å². The lowest BCUT2D eigenvalue weighted by Crippen LogP contribution is -2.29. The molecule has 9 nitrogen and oxygen atoms in total. The highest BCUT2D eigenvalue weighted by Crippen LogP contribution is 2.18. The number of benzene rings is 1. The number of aromatic nitrogens is 3. The summed E-state index contributed by atoms with van der Waals surface area (Å²) in [4.78, 5) is 22.8. The van der Waals surface area contributed by atoms with Crippen molar-refractivity contribution in [1.82, 2.24) is 25.6 Å². The highest BCUT2D eigenvalue weighted by molar-refractivity contribution is 5.89. The van der Waals surface area contributed by atoms with Crippen molar-refractivity contribution in [2.75, 3.05) is 11.9 Å². The van der Waals surface area contributed by atoms with Crippen LogP contribution in [0.25, 0.3) is 0 Å². The lowest BCUT2D eigenvalue weighted by atomic mass is 10.2. The Hall–Kier alpha value is -2.94. The highest BCUT2D eigenvalue weighted by atomic mass is 16.4. The van der Waals surface area contributed by atoms with Gasteiger partial charge in [-0.1, -0.05) is 23.4 Å². The summed E-state index contributed by atoms with van der Waals surface area (Å²) < 4.78 is 1.64. The van der Waals surface area contributed by atoms with Crippen LogP contribution in [-0.4, -0.2) is 44.7 Å². The van der Waals surface area contributed by atoms with Crippen LogP contribution >= 0.6 is 0 Å². The number of anilines is 1. The number of carbonyl (C=O) groups excluding carboxylic acids is 1. The Kier molecular flexibility index (Phi) is 4.71. The number of hydrogen-bond donors (Lipinski definition) is 4. The zero-order chi connectivity index (χ0) is 16.9. The van der Waals surface area contributed by atoms with Gasteiger partial charge in [0.2, 0.25) is 0 Å². The van der Waals surface area contributed by atoms with Crippen LogP contribution in [0.3, 0.4) is 0 Å². The number of nitrogens with one attached hydrogen (secondary N) is 3. The first-order valence-electron chi connectivity index (χ1n) is 7.58. The Labute approximate surface area is 138 Å². The number of rotatable bonds is 5.